The van der Waals surface area contributed by atoms with Gasteiger partial charge in [0.15, 0.2) is 0 Å². The van der Waals surface area contributed by atoms with Gasteiger partial charge in [-0.2, -0.15) is 0 Å². The van der Waals surface area contributed by atoms with Gasteiger partial charge in [-0.15, -0.1) is 0 Å². The van der Waals surface area contributed by atoms with Crippen LogP contribution in [0.15, 0.2) is 42.9 Å². The molecule has 152 valence electrons. The van der Waals surface area contributed by atoms with Gasteiger partial charge in [0.2, 0.25) is 11.8 Å². The summed E-state index contributed by atoms with van der Waals surface area (Å²) >= 11 is 0. The van der Waals surface area contributed by atoms with Crippen molar-refractivity contribution < 1.29 is 14.0 Å². The molecule has 0 spiro atoms. The van der Waals surface area contributed by atoms with Crippen molar-refractivity contribution in [3.63, 3.8) is 0 Å². The van der Waals surface area contributed by atoms with Crippen LogP contribution in [-0.2, 0) is 16.0 Å². The van der Waals surface area contributed by atoms with E-state index in [-0.39, 0.29) is 24.1 Å². The highest BCUT2D eigenvalue weighted by Crippen LogP contribution is 2.37. The van der Waals surface area contributed by atoms with Crippen LogP contribution in [0.3, 0.4) is 0 Å². The highest BCUT2D eigenvalue weighted by molar-refractivity contribution is 5.92. The summed E-state index contributed by atoms with van der Waals surface area (Å²) in [6.45, 7) is 1.41. The lowest BCUT2D eigenvalue weighted by Crippen LogP contribution is -2.66. The average molecular weight is 397 g/mol. The van der Waals surface area contributed by atoms with Crippen molar-refractivity contribution >= 4 is 17.6 Å². The summed E-state index contributed by atoms with van der Waals surface area (Å²) in [5.41, 5.74) is -0.335. The smallest absolute Gasteiger partial charge is 0.242 e. The zero-order valence-corrected chi connectivity index (χ0v) is 16.1. The van der Waals surface area contributed by atoms with E-state index in [2.05, 4.69) is 20.6 Å². The summed E-state index contributed by atoms with van der Waals surface area (Å²) in [6.07, 6.45) is 7.48. The first kappa shape index (κ1) is 19.3. The number of aromatic nitrogens is 2. The van der Waals surface area contributed by atoms with E-state index >= 15 is 0 Å². The predicted octanol–water partition coefficient (Wildman–Crippen LogP) is 1.45. The first-order valence-electron chi connectivity index (χ1n) is 9.90. The second-order valence-corrected chi connectivity index (χ2v) is 7.78. The molecule has 2 aliphatic rings. The SMILES string of the molecule is O=C1NCCCCC1NC(=O)C1(Cc2ccccc2F)CN(c2cnccn2)C1. The Kier molecular flexibility index (Phi) is 5.42. The van der Waals surface area contributed by atoms with Crippen LogP contribution in [0.25, 0.3) is 0 Å². The zero-order valence-electron chi connectivity index (χ0n) is 16.1. The molecule has 29 heavy (non-hydrogen) atoms. The minimum Gasteiger partial charge on any atom is -0.354 e. The van der Waals surface area contributed by atoms with E-state index in [1.54, 1.807) is 36.8 Å². The summed E-state index contributed by atoms with van der Waals surface area (Å²) in [4.78, 5) is 35.9. The highest BCUT2D eigenvalue weighted by Gasteiger charge is 2.50. The van der Waals surface area contributed by atoms with Gasteiger partial charge >= 0.3 is 0 Å². The molecule has 2 saturated heterocycles. The Balaban J connectivity index is 1.54. The van der Waals surface area contributed by atoms with Crippen LogP contribution in [0.5, 0.6) is 0 Å². The van der Waals surface area contributed by atoms with E-state index in [9.17, 15) is 14.0 Å². The molecule has 7 nitrogen and oxygen atoms in total. The Bertz CT molecular complexity index is 886. The van der Waals surface area contributed by atoms with Crippen LogP contribution in [0.2, 0.25) is 0 Å². The molecule has 0 aliphatic carbocycles. The summed E-state index contributed by atoms with van der Waals surface area (Å²) in [5, 5.41) is 5.77. The summed E-state index contributed by atoms with van der Waals surface area (Å²) in [6, 6.07) is 5.95. The Morgan fingerprint density at radius 2 is 2.10 bits per heavy atom. The van der Waals surface area contributed by atoms with Crippen molar-refractivity contribution in [2.75, 3.05) is 24.5 Å². The maximum absolute atomic E-state index is 14.3. The second kappa shape index (κ2) is 8.14. The third-order valence-electron chi connectivity index (χ3n) is 5.67. The molecule has 3 heterocycles. The number of hydrogen-bond acceptors (Lipinski definition) is 5. The van der Waals surface area contributed by atoms with Gasteiger partial charge in [-0.1, -0.05) is 18.2 Å². The fourth-order valence-corrected chi connectivity index (χ4v) is 4.03. The van der Waals surface area contributed by atoms with Gasteiger partial charge < -0.3 is 15.5 Å². The number of anilines is 1. The van der Waals surface area contributed by atoms with Crippen LogP contribution >= 0.6 is 0 Å². The van der Waals surface area contributed by atoms with E-state index in [1.165, 1.54) is 6.07 Å². The van der Waals surface area contributed by atoms with Crippen LogP contribution in [0.1, 0.15) is 24.8 Å². The van der Waals surface area contributed by atoms with Gasteiger partial charge in [0.25, 0.3) is 0 Å². The Labute approximate surface area is 168 Å². The van der Waals surface area contributed by atoms with Gasteiger partial charge in [0.05, 0.1) is 11.6 Å². The molecule has 4 rings (SSSR count). The van der Waals surface area contributed by atoms with Gasteiger partial charge in [-0.3, -0.25) is 14.6 Å². The Hall–Kier alpha value is -3.03. The molecular formula is C21H24FN5O2. The number of hydrogen-bond donors (Lipinski definition) is 2. The highest BCUT2D eigenvalue weighted by atomic mass is 19.1. The minimum atomic E-state index is -0.827. The summed E-state index contributed by atoms with van der Waals surface area (Å²) in [5.74, 6) is -0.0218. The monoisotopic (exact) mass is 397 g/mol. The van der Waals surface area contributed by atoms with Crippen molar-refractivity contribution in [2.24, 2.45) is 5.41 Å². The average Bonchev–Trinajstić information content (AvgIpc) is 2.90. The predicted molar refractivity (Wildman–Crippen MR) is 106 cm³/mol. The number of nitrogens with one attached hydrogen (secondary N) is 2. The maximum Gasteiger partial charge on any atom is 0.242 e. The van der Waals surface area contributed by atoms with Gasteiger partial charge in [-0.05, 0) is 37.3 Å². The molecule has 2 amide bonds. The molecule has 2 N–H and O–H groups in total. The summed E-state index contributed by atoms with van der Waals surface area (Å²) < 4.78 is 14.3. The molecule has 8 heteroatoms. The fourth-order valence-electron chi connectivity index (χ4n) is 4.03. The molecule has 1 aromatic heterocycles. The minimum absolute atomic E-state index is 0.151. The quantitative estimate of drug-likeness (QED) is 0.798. The third kappa shape index (κ3) is 4.06. The lowest BCUT2D eigenvalue weighted by Gasteiger charge is -2.49. The molecule has 1 atom stereocenters. The Morgan fingerprint density at radius 1 is 1.28 bits per heavy atom. The standard InChI is InChI=1S/C21H24FN5O2/c22-16-6-2-1-5-15(16)11-21(13-27(14-21)18-12-23-9-10-24-18)20(29)26-17-7-3-4-8-25-19(17)28/h1-2,5-6,9-10,12,17H,3-4,7-8,11,13-14H2,(H,25,28)(H,26,29). The molecule has 2 aromatic rings. The van der Waals surface area contributed by atoms with E-state index in [1.807, 2.05) is 4.90 Å². The van der Waals surface area contributed by atoms with Gasteiger partial charge in [0, 0.05) is 32.0 Å². The molecule has 0 radical (unpaired) electrons. The van der Waals surface area contributed by atoms with Crippen LogP contribution in [-0.4, -0.2) is 47.5 Å². The topological polar surface area (TPSA) is 87.2 Å². The number of benzene rings is 1. The molecule has 1 aromatic carbocycles. The molecule has 2 fully saturated rings. The first-order valence-corrected chi connectivity index (χ1v) is 9.90. The molecule has 0 bridgehead atoms. The lowest BCUT2D eigenvalue weighted by atomic mass is 9.73. The molecule has 0 saturated carbocycles. The fraction of sp³-hybridized carbons (Fsp3) is 0.429. The number of halogens is 1. The second-order valence-electron chi connectivity index (χ2n) is 7.78. The van der Waals surface area contributed by atoms with Crippen LogP contribution < -0.4 is 15.5 Å². The van der Waals surface area contributed by atoms with Crippen molar-refractivity contribution in [3.05, 3.63) is 54.2 Å². The van der Waals surface area contributed by atoms with Gasteiger partial charge in [0.1, 0.15) is 17.7 Å². The van der Waals surface area contributed by atoms with Gasteiger partial charge in [-0.25, -0.2) is 9.37 Å². The molecule has 2 aliphatic heterocycles. The van der Waals surface area contributed by atoms with Crippen molar-refractivity contribution in [2.45, 2.75) is 31.7 Å². The van der Waals surface area contributed by atoms with Crippen LogP contribution in [0.4, 0.5) is 10.2 Å². The van der Waals surface area contributed by atoms with E-state index in [0.717, 1.165) is 12.8 Å². The Morgan fingerprint density at radius 3 is 2.86 bits per heavy atom. The van der Waals surface area contributed by atoms with Crippen molar-refractivity contribution in [3.8, 4) is 0 Å². The van der Waals surface area contributed by atoms with Crippen molar-refractivity contribution in [1.29, 1.82) is 0 Å². The number of amides is 2. The normalized spacial score (nSPS) is 20.9. The van der Waals surface area contributed by atoms with E-state index < -0.39 is 11.5 Å². The third-order valence-corrected chi connectivity index (χ3v) is 5.67. The van der Waals surface area contributed by atoms with Crippen molar-refractivity contribution in [1.82, 2.24) is 20.6 Å². The number of nitrogens with zero attached hydrogens (tertiary/aromatic N) is 3. The number of carbonyl (C=O) groups is 2. The van der Waals surface area contributed by atoms with E-state index in [4.69, 9.17) is 0 Å². The number of rotatable bonds is 5. The number of carbonyl (C=O) groups excluding carboxylic acids is 2. The first-order chi connectivity index (χ1) is 14.1. The lowest BCUT2D eigenvalue weighted by molar-refractivity contribution is -0.136. The maximum atomic E-state index is 14.3. The van der Waals surface area contributed by atoms with E-state index in [0.29, 0.717) is 37.4 Å². The summed E-state index contributed by atoms with van der Waals surface area (Å²) in [7, 11) is 0. The van der Waals surface area contributed by atoms with Crippen LogP contribution in [0, 0.1) is 11.2 Å². The molecular weight excluding hydrogens is 373 g/mol. The largest absolute Gasteiger partial charge is 0.354 e. The zero-order chi connectivity index (χ0) is 20.3. The molecule has 1 unspecified atom stereocenters.